The van der Waals surface area contributed by atoms with Crippen LogP contribution in [-0.2, 0) is 19.7 Å². The molecule has 0 unspecified atom stereocenters. The summed E-state index contributed by atoms with van der Waals surface area (Å²) >= 11 is 0. The second kappa shape index (κ2) is 5.84. The van der Waals surface area contributed by atoms with E-state index in [-0.39, 0.29) is 0 Å². The Labute approximate surface area is 129 Å². The Kier molecular flexibility index (Phi) is 4.80. The molecule has 0 aromatic rings. The number of hydrogen-bond acceptors (Lipinski definition) is 4. The van der Waals surface area contributed by atoms with Gasteiger partial charge in [-0.3, -0.25) is 0 Å². The van der Waals surface area contributed by atoms with Crippen molar-refractivity contribution in [1.29, 1.82) is 0 Å². The van der Waals surface area contributed by atoms with E-state index in [0.717, 1.165) is 38.5 Å². The third-order valence-corrected chi connectivity index (χ3v) is 11.9. The first-order valence-electron chi connectivity index (χ1n) is 8.07. The third-order valence-electron chi connectivity index (χ3n) is 5.63. The summed E-state index contributed by atoms with van der Waals surface area (Å²) in [5.74, 6) is 0. The Hall–Kier alpha value is -0.100. The molecule has 2 rings (SSSR count). The average molecular weight is 337 g/mol. The summed E-state index contributed by atoms with van der Waals surface area (Å²) in [5, 5.41) is -0.660. The van der Waals surface area contributed by atoms with Gasteiger partial charge >= 0.3 is 0 Å². The topological polar surface area (TPSA) is 68.3 Å². The first-order chi connectivity index (χ1) is 9.62. The summed E-state index contributed by atoms with van der Waals surface area (Å²) in [7, 11) is -7.23. The zero-order valence-electron chi connectivity index (χ0n) is 13.2. The summed E-state index contributed by atoms with van der Waals surface area (Å²) < 4.78 is 49.2. The standard InChI is InChI=1S/C15H28O4S2/c1-14(9-5-3-6-10-14)20(16,17)13-21(18,19)15(2)11-7-4-8-12-15/h3-13H2,1-2H3. The molecular weight excluding hydrogens is 308 g/mol. The molecule has 0 aromatic heterocycles. The lowest BCUT2D eigenvalue weighted by atomic mass is 9.90. The lowest BCUT2D eigenvalue weighted by Gasteiger charge is -2.36. The van der Waals surface area contributed by atoms with Gasteiger partial charge in [-0.25, -0.2) is 16.8 Å². The number of rotatable bonds is 4. The molecule has 0 N–H and O–H groups in total. The Morgan fingerprint density at radius 2 is 0.905 bits per heavy atom. The van der Waals surface area contributed by atoms with Crippen molar-refractivity contribution in [3.63, 3.8) is 0 Å². The van der Waals surface area contributed by atoms with E-state index in [9.17, 15) is 16.8 Å². The van der Waals surface area contributed by atoms with Gasteiger partial charge in [0.05, 0.1) is 9.49 Å². The Morgan fingerprint density at radius 1 is 0.619 bits per heavy atom. The molecule has 0 bridgehead atoms. The first kappa shape index (κ1) is 17.3. The Balaban J connectivity index is 2.22. The highest BCUT2D eigenvalue weighted by atomic mass is 32.3. The SMILES string of the molecule is CC1(S(=O)(=O)CS(=O)(=O)C2(C)CCCCC2)CCCCC1. The third kappa shape index (κ3) is 3.31. The molecule has 6 heteroatoms. The van der Waals surface area contributed by atoms with E-state index in [0.29, 0.717) is 25.7 Å². The van der Waals surface area contributed by atoms with Crippen molar-refractivity contribution < 1.29 is 16.8 Å². The second-order valence-corrected chi connectivity index (χ2v) is 12.7. The quantitative estimate of drug-likeness (QED) is 0.790. The minimum absolute atomic E-state index is 0.599. The average Bonchev–Trinajstić information content (AvgIpc) is 2.39. The molecule has 2 fully saturated rings. The van der Waals surface area contributed by atoms with Gasteiger partial charge in [-0.05, 0) is 39.5 Å². The van der Waals surface area contributed by atoms with Gasteiger partial charge in [0, 0.05) is 0 Å². The molecule has 0 radical (unpaired) electrons. The van der Waals surface area contributed by atoms with E-state index in [2.05, 4.69) is 0 Å². The van der Waals surface area contributed by atoms with Gasteiger partial charge in [-0.2, -0.15) is 0 Å². The van der Waals surface area contributed by atoms with Crippen molar-refractivity contribution in [2.75, 3.05) is 5.08 Å². The highest BCUT2D eigenvalue weighted by molar-refractivity contribution is 8.09. The van der Waals surface area contributed by atoms with Gasteiger partial charge in [-0.1, -0.05) is 38.5 Å². The molecule has 4 nitrogen and oxygen atoms in total. The fraction of sp³-hybridized carbons (Fsp3) is 1.00. The van der Waals surface area contributed by atoms with Crippen molar-refractivity contribution >= 4 is 19.7 Å². The van der Waals surface area contributed by atoms with Gasteiger partial charge < -0.3 is 0 Å². The highest BCUT2D eigenvalue weighted by Gasteiger charge is 2.47. The van der Waals surface area contributed by atoms with Crippen LogP contribution in [0.5, 0.6) is 0 Å². The fourth-order valence-corrected chi connectivity index (χ4v) is 9.44. The summed E-state index contributed by atoms with van der Waals surface area (Å²) in [4.78, 5) is 0. The van der Waals surface area contributed by atoms with Crippen molar-refractivity contribution in [3.05, 3.63) is 0 Å². The van der Waals surface area contributed by atoms with Crippen LogP contribution in [0.3, 0.4) is 0 Å². The van der Waals surface area contributed by atoms with Crippen molar-refractivity contribution in [2.24, 2.45) is 0 Å². The van der Waals surface area contributed by atoms with E-state index >= 15 is 0 Å². The predicted molar refractivity (Wildman–Crippen MR) is 85.7 cm³/mol. The van der Waals surface area contributed by atoms with Crippen molar-refractivity contribution in [1.82, 2.24) is 0 Å². The number of sulfone groups is 2. The summed E-state index contributed by atoms with van der Waals surface area (Å²) in [6.07, 6.45) is 8.03. The van der Waals surface area contributed by atoms with E-state index in [4.69, 9.17) is 0 Å². The van der Waals surface area contributed by atoms with Crippen molar-refractivity contribution in [2.45, 2.75) is 87.5 Å². The van der Waals surface area contributed by atoms with Crippen LogP contribution in [0.15, 0.2) is 0 Å². The lowest BCUT2D eigenvalue weighted by Crippen LogP contribution is -2.46. The fourth-order valence-electron chi connectivity index (χ4n) is 3.71. The molecule has 0 aromatic carbocycles. The molecule has 0 atom stereocenters. The summed E-state index contributed by atoms with van der Waals surface area (Å²) in [6, 6.07) is 0. The van der Waals surface area contributed by atoms with Crippen LogP contribution in [-0.4, -0.2) is 31.4 Å². The molecule has 21 heavy (non-hydrogen) atoms. The molecule has 0 spiro atoms. The van der Waals surface area contributed by atoms with Gasteiger partial charge in [0.25, 0.3) is 0 Å². The summed E-state index contributed by atoms with van der Waals surface area (Å²) in [5.41, 5.74) is 0. The van der Waals surface area contributed by atoms with E-state index in [1.807, 2.05) is 0 Å². The molecule has 0 saturated heterocycles. The molecule has 0 amide bonds. The highest BCUT2D eigenvalue weighted by Crippen LogP contribution is 2.40. The van der Waals surface area contributed by atoms with E-state index < -0.39 is 34.3 Å². The first-order valence-corrected chi connectivity index (χ1v) is 11.4. The monoisotopic (exact) mass is 336 g/mol. The zero-order valence-corrected chi connectivity index (χ0v) is 14.9. The molecule has 2 aliphatic carbocycles. The van der Waals surface area contributed by atoms with Gasteiger partial charge in [0.1, 0.15) is 0 Å². The van der Waals surface area contributed by atoms with Gasteiger partial charge in [0.15, 0.2) is 24.8 Å². The molecule has 0 aliphatic heterocycles. The predicted octanol–water partition coefficient (Wildman–Crippen LogP) is 3.22. The van der Waals surface area contributed by atoms with E-state index in [1.165, 1.54) is 0 Å². The van der Waals surface area contributed by atoms with Crippen molar-refractivity contribution in [3.8, 4) is 0 Å². The van der Waals surface area contributed by atoms with Crippen LogP contribution in [0, 0.1) is 0 Å². The van der Waals surface area contributed by atoms with E-state index in [1.54, 1.807) is 13.8 Å². The normalized spacial score (nSPS) is 26.4. The molecular formula is C15H28O4S2. The molecule has 0 heterocycles. The van der Waals surface area contributed by atoms with Crippen LogP contribution in [0.25, 0.3) is 0 Å². The maximum Gasteiger partial charge on any atom is 0.170 e. The Bertz CT molecular complexity index is 511. The summed E-state index contributed by atoms with van der Waals surface area (Å²) in [6.45, 7) is 3.47. The Morgan fingerprint density at radius 3 is 1.19 bits per heavy atom. The maximum absolute atomic E-state index is 12.7. The van der Waals surface area contributed by atoms with Crippen LogP contribution >= 0.6 is 0 Å². The zero-order chi connectivity index (χ0) is 15.8. The molecule has 2 aliphatic rings. The minimum atomic E-state index is -3.62. The maximum atomic E-state index is 12.7. The smallest absolute Gasteiger partial charge is 0.170 e. The molecule has 2 saturated carbocycles. The van der Waals surface area contributed by atoms with Crippen LogP contribution in [0.1, 0.15) is 78.1 Å². The second-order valence-electron chi connectivity index (χ2n) is 7.37. The van der Waals surface area contributed by atoms with Crippen LogP contribution < -0.4 is 0 Å². The number of hydrogen-bond donors (Lipinski definition) is 0. The van der Waals surface area contributed by atoms with Crippen LogP contribution in [0.2, 0.25) is 0 Å². The molecule has 124 valence electrons. The minimum Gasteiger partial charge on any atom is -0.227 e. The van der Waals surface area contributed by atoms with Gasteiger partial charge in [0.2, 0.25) is 0 Å². The largest absolute Gasteiger partial charge is 0.227 e. The van der Waals surface area contributed by atoms with Gasteiger partial charge in [-0.15, -0.1) is 0 Å². The van der Waals surface area contributed by atoms with Crippen LogP contribution in [0.4, 0.5) is 0 Å². The lowest BCUT2D eigenvalue weighted by molar-refractivity contribution is 0.390.